The summed E-state index contributed by atoms with van der Waals surface area (Å²) in [6, 6.07) is 9.01. The number of aromatic nitrogens is 1. The van der Waals surface area contributed by atoms with Crippen LogP contribution in [0.15, 0.2) is 41.0 Å². The number of halogens is 1. The number of rotatable bonds is 1. The minimum absolute atomic E-state index is 0.229. The minimum Gasteiger partial charge on any atom is -0.463 e. The summed E-state index contributed by atoms with van der Waals surface area (Å²) in [6.45, 7) is 1.88. The SMILES string of the molecule is Cc1cc(F)c2[nH]c(-c3ccco3)cc2c1. The molecule has 3 heteroatoms. The third kappa shape index (κ3) is 1.33. The van der Waals surface area contributed by atoms with Gasteiger partial charge < -0.3 is 9.40 Å². The molecule has 80 valence electrons. The summed E-state index contributed by atoms with van der Waals surface area (Å²) >= 11 is 0. The molecular weight excluding hydrogens is 205 g/mol. The Morgan fingerprint density at radius 3 is 2.88 bits per heavy atom. The molecule has 3 aromatic rings. The van der Waals surface area contributed by atoms with Crippen molar-refractivity contribution in [1.29, 1.82) is 0 Å². The van der Waals surface area contributed by atoms with Gasteiger partial charge in [0.05, 0.1) is 17.5 Å². The van der Waals surface area contributed by atoms with Gasteiger partial charge in [0, 0.05) is 5.39 Å². The Bertz CT molecular complexity index is 637. The van der Waals surface area contributed by atoms with Crippen LogP contribution in [0.3, 0.4) is 0 Å². The molecule has 2 aromatic heterocycles. The van der Waals surface area contributed by atoms with E-state index in [4.69, 9.17) is 4.42 Å². The number of furan rings is 1. The van der Waals surface area contributed by atoms with Crippen molar-refractivity contribution >= 4 is 10.9 Å². The number of aromatic amines is 1. The second-order valence-corrected chi connectivity index (χ2v) is 3.87. The third-order valence-electron chi connectivity index (χ3n) is 2.61. The highest BCUT2D eigenvalue weighted by Gasteiger charge is 2.09. The molecule has 0 spiro atoms. The van der Waals surface area contributed by atoms with E-state index < -0.39 is 0 Å². The van der Waals surface area contributed by atoms with Crippen LogP contribution < -0.4 is 0 Å². The largest absolute Gasteiger partial charge is 0.463 e. The third-order valence-corrected chi connectivity index (χ3v) is 2.61. The first-order chi connectivity index (χ1) is 7.74. The maximum atomic E-state index is 13.6. The molecule has 0 radical (unpaired) electrons. The van der Waals surface area contributed by atoms with Crippen LogP contribution in [0.5, 0.6) is 0 Å². The quantitative estimate of drug-likeness (QED) is 0.655. The molecule has 1 aromatic carbocycles. The second kappa shape index (κ2) is 3.23. The average Bonchev–Trinajstić information content (AvgIpc) is 2.82. The number of hydrogen-bond acceptors (Lipinski definition) is 1. The second-order valence-electron chi connectivity index (χ2n) is 3.87. The molecule has 0 aliphatic rings. The molecule has 0 bridgehead atoms. The maximum Gasteiger partial charge on any atom is 0.150 e. The molecule has 0 aliphatic carbocycles. The summed E-state index contributed by atoms with van der Waals surface area (Å²) in [5.41, 5.74) is 2.23. The van der Waals surface area contributed by atoms with Crippen LogP contribution in [0.4, 0.5) is 4.39 Å². The first-order valence-corrected chi connectivity index (χ1v) is 5.07. The van der Waals surface area contributed by atoms with E-state index in [0.717, 1.165) is 16.6 Å². The van der Waals surface area contributed by atoms with Crippen molar-refractivity contribution in [1.82, 2.24) is 4.98 Å². The first kappa shape index (κ1) is 9.21. The van der Waals surface area contributed by atoms with Crippen molar-refractivity contribution in [2.45, 2.75) is 6.92 Å². The van der Waals surface area contributed by atoms with E-state index in [0.29, 0.717) is 11.3 Å². The fraction of sp³-hybridized carbons (Fsp3) is 0.0769. The summed E-state index contributed by atoms with van der Waals surface area (Å²) in [7, 11) is 0. The van der Waals surface area contributed by atoms with Gasteiger partial charge in [-0.2, -0.15) is 0 Å². The van der Waals surface area contributed by atoms with E-state index in [1.54, 1.807) is 6.26 Å². The Morgan fingerprint density at radius 2 is 2.12 bits per heavy atom. The predicted octanol–water partition coefficient (Wildman–Crippen LogP) is 3.88. The van der Waals surface area contributed by atoms with E-state index in [2.05, 4.69) is 4.98 Å². The predicted molar refractivity (Wildman–Crippen MR) is 60.7 cm³/mol. The van der Waals surface area contributed by atoms with Crippen LogP contribution in [0, 0.1) is 12.7 Å². The lowest BCUT2D eigenvalue weighted by Crippen LogP contribution is -1.80. The van der Waals surface area contributed by atoms with Gasteiger partial charge in [-0.15, -0.1) is 0 Å². The van der Waals surface area contributed by atoms with Gasteiger partial charge in [0.1, 0.15) is 11.6 Å². The van der Waals surface area contributed by atoms with Gasteiger partial charge in [0.25, 0.3) is 0 Å². The number of H-pyrrole nitrogens is 1. The van der Waals surface area contributed by atoms with Gasteiger partial charge in [0.2, 0.25) is 0 Å². The molecule has 0 atom stereocenters. The summed E-state index contributed by atoms with van der Waals surface area (Å²) < 4.78 is 18.9. The van der Waals surface area contributed by atoms with Crippen molar-refractivity contribution in [3.63, 3.8) is 0 Å². The summed E-state index contributed by atoms with van der Waals surface area (Å²) in [4.78, 5) is 3.02. The number of hydrogen-bond donors (Lipinski definition) is 1. The van der Waals surface area contributed by atoms with Crippen molar-refractivity contribution in [3.8, 4) is 11.5 Å². The lowest BCUT2D eigenvalue weighted by Gasteiger charge is -1.94. The first-order valence-electron chi connectivity index (χ1n) is 5.07. The fourth-order valence-corrected chi connectivity index (χ4v) is 1.91. The Labute approximate surface area is 91.7 Å². The smallest absolute Gasteiger partial charge is 0.150 e. The van der Waals surface area contributed by atoms with Gasteiger partial charge in [0.15, 0.2) is 0 Å². The molecule has 0 fully saturated rings. The van der Waals surface area contributed by atoms with Gasteiger partial charge >= 0.3 is 0 Å². The molecular formula is C13H10FNO. The van der Waals surface area contributed by atoms with Crippen LogP contribution in [-0.4, -0.2) is 4.98 Å². The van der Waals surface area contributed by atoms with Crippen molar-refractivity contribution in [2.75, 3.05) is 0 Å². The lowest BCUT2D eigenvalue weighted by atomic mass is 10.1. The molecule has 0 aliphatic heterocycles. The topological polar surface area (TPSA) is 28.9 Å². The zero-order valence-electron chi connectivity index (χ0n) is 8.75. The average molecular weight is 215 g/mol. The van der Waals surface area contributed by atoms with E-state index >= 15 is 0 Å². The Morgan fingerprint density at radius 1 is 1.25 bits per heavy atom. The van der Waals surface area contributed by atoms with Crippen molar-refractivity contribution in [3.05, 3.63) is 48.0 Å². The molecule has 16 heavy (non-hydrogen) atoms. The van der Waals surface area contributed by atoms with E-state index in [-0.39, 0.29) is 5.82 Å². The molecule has 0 saturated heterocycles. The molecule has 2 nitrogen and oxygen atoms in total. The Balaban J connectivity index is 2.27. The van der Waals surface area contributed by atoms with Crippen LogP contribution in [0.2, 0.25) is 0 Å². The Kier molecular flexibility index (Phi) is 1.86. The van der Waals surface area contributed by atoms with Crippen molar-refractivity contribution < 1.29 is 8.81 Å². The van der Waals surface area contributed by atoms with Crippen molar-refractivity contribution in [2.24, 2.45) is 0 Å². The zero-order valence-corrected chi connectivity index (χ0v) is 8.75. The summed E-state index contributed by atoms with van der Waals surface area (Å²) in [6.07, 6.45) is 1.60. The van der Waals surface area contributed by atoms with Crippen LogP contribution in [0.25, 0.3) is 22.4 Å². The highest BCUT2D eigenvalue weighted by molar-refractivity contribution is 5.86. The van der Waals surface area contributed by atoms with Gasteiger partial charge in [-0.05, 0) is 42.8 Å². The van der Waals surface area contributed by atoms with Crippen LogP contribution >= 0.6 is 0 Å². The molecule has 3 rings (SSSR count). The highest BCUT2D eigenvalue weighted by atomic mass is 19.1. The highest BCUT2D eigenvalue weighted by Crippen LogP contribution is 2.26. The standard InChI is InChI=1S/C13H10FNO/c1-8-5-9-7-11(12-3-2-4-16-12)15-13(9)10(14)6-8/h2-7,15H,1H3. The Hall–Kier alpha value is -2.03. The number of fused-ring (bicyclic) bond motifs is 1. The van der Waals surface area contributed by atoms with Crippen LogP contribution in [-0.2, 0) is 0 Å². The number of aryl methyl sites for hydroxylation is 1. The normalized spacial score (nSPS) is 11.1. The molecule has 1 N–H and O–H groups in total. The van der Waals surface area contributed by atoms with E-state index in [1.807, 2.05) is 31.2 Å². The van der Waals surface area contributed by atoms with Gasteiger partial charge in [-0.1, -0.05) is 0 Å². The lowest BCUT2D eigenvalue weighted by molar-refractivity contribution is 0.580. The monoisotopic (exact) mass is 215 g/mol. The molecule has 0 saturated carbocycles. The maximum absolute atomic E-state index is 13.6. The van der Waals surface area contributed by atoms with Gasteiger partial charge in [-0.3, -0.25) is 0 Å². The molecule has 0 amide bonds. The van der Waals surface area contributed by atoms with E-state index in [1.165, 1.54) is 6.07 Å². The van der Waals surface area contributed by atoms with Crippen LogP contribution in [0.1, 0.15) is 5.56 Å². The van der Waals surface area contributed by atoms with Gasteiger partial charge in [-0.25, -0.2) is 4.39 Å². The molecule has 0 unspecified atom stereocenters. The number of nitrogens with one attached hydrogen (secondary N) is 1. The zero-order chi connectivity index (χ0) is 11.1. The fourth-order valence-electron chi connectivity index (χ4n) is 1.91. The molecule has 2 heterocycles. The summed E-state index contributed by atoms with van der Waals surface area (Å²) in [5, 5.41) is 0.865. The minimum atomic E-state index is -0.229. The van der Waals surface area contributed by atoms with E-state index in [9.17, 15) is 4.39 Å². The number of benzene rings is 1. The summed E-state index contributed by atoms with van der Waals surface area (Å²) in [5.74, 6) is 0.487.